The van der Waals surface area contributed by atoms with Gasteiger partial charge in [0.15, 0.2) is 0 Å². The molecule has 0 atom stereocenters. The molecule has 14 heavy (non-hydrogen) atoms. The maximum Gasteiger partial charge on any atom is 0.505 e. The molecule has 1 aromatic rings. The number of aromatic nitrogens is 2. The quantitative estimate of drug-likeness (QED) is 0.555. The van der Waals surface area contributed by atoms with Gasteiger partial charge in [-0.25, -0.2) is 18.4 Å². The van der Waals surface area contributed by atoms with Crippen molar-refractivity contribution in [2.45, 2.75) is 10.7 Å². The van der Waals surface area contributed by atoms with E-state index < -0.39 is 20.5 Å². The predicted molar refractivity (Wildman–Crippen MR) is 40.3 cm³/mol. The van der Waals surface area contributed by atoms with Crippen LogP contribution < -0.4 is 0 Å². The van der Waals surface area contributed by atoms with Crippen molar-refractivity contribution in [3.63, 3.8) is 0 Å². The first kappa shape index (κ1) is 11.2. The number of alkyl halides is 3. The highest BCUT2D eigenvalue weighted by atomic mass is 35.5. The van der Waals surface area contributed by atoms with Crippen molar-refractivity contribution in [2.75, 3.05) is 0 Å². The highest BCUT2D eigenvalue weighted by molar-refractivity contribution is 7.92. The first-order valence-corrected chi connectivity index (χ1v) is 4.91. The van der Waals surface area contributed by atoms with Crippen molar-refractivity contribution in [3.8, 4) is 0 Å². The van der Waals surface area contributed by atoms with Crippen LogP contribution in [0.4, 0.5) is 13.2 Å². The van der Waals surface area contributed by atoms with Gasteiger partial charge in [0.25, 0.3) is 5.16 Å². The average molecular weight is 247 g/mol. The summed E-state index contributed by atoms with van der Waals surface area (Å²) in [6.07, 6.45) is 0.827. The van der Waals surface area contributed by atoms with Crippen LogP contribution in [0.2, 0.25) is 5.15 Å². The van der Waals surface area contributed by atoms with Crippen LogP contribution in [0.3, 0.4) is 0 Å². The minimum absolute atomic E-state index is 0.372. The molecule has 0 unspecified atom stereocenters. The Morgan fingerprint density at radius 1 is 1.36 bits per heavy atom. The van der Waals surface area contributed by atoms with Gasteiger partial charge in [-0.15, -0.1) is 0 Å². The zero-order valence-corrected chi connectivity index (χ0v) is 7.86. The molecule has 78 valence electrons. The van der Waals surface area contributed by atoms with Gasteiger partial charge in [0.1, 0.15) is 5.15 Å². The maximum atomic E-state index is 11.9. The third kappa shape index (κ3) is 1.95. The van der Waals surface area contributed by atoms with E-state index >= 15 is 0 Å². The van der Waals surface area contributed by atoms with Gasteiger partial charge in [-0.1, -0.05) is 11.6 Å². The third-order valence-electron chi connectivity index (χ3n) is 1.14. The summed E-state index contributed by atoms with van der Waals surface area (Å²) < 4.78 is 57.2. The second kappa shape index (κ2) is 3.35. The minimum atomic E-state index is -5.51. The summed E-state index contributed by atoms with van der Waals surface area (Å²) in [5, 5.41) is -1.72. The normalized spacial score (nSPS) is 12.9. The largest absolute Gasteiger partial charge is 0.505 e. The Morgan fingerprint density at radius 2 is 1.93 bits per heavy atom. The number of sulfone groups is 1. The predicted octanol–water partition coefficient (Wildman–Crippen LogP) is 1.42. The van der Waals surface area contributed by atoms with Gasteiger partial charge < -0.3 is 0 Å². The average Bonchev–Trinajstić information content (AvgIpc) is 2.02. The molecule has 0 aliphatic rings. The van der Waals surface area contributed by atoms with E-state index in [4.69, 9.17) is 11.6 Å². The molecule has 0 spiro atoms. The molecule has 1 rings (SSSR count). The highest BCUT2D eigenvalue weighted by Gasteiger charge is 2.49. The lowest BCUT2D eigenvalue weighted by Gasteiger charge is -2.05. The van der Waals surface area contributed by atoms with Gasteiger partial charge in [-0.05, 0) is 6.07 Å². The van der Waals surface area contributed by atoms with Crippen LogP contribution in [-0.4, -0.2) is 23.9 Å². The molecule has 4 nitrogen and oxygen atoms in total. The molecule has 0 N–H and O–H groups in total. The fourth-order valence-corrected chi connectivity index (χ4v) is 1.36. The van der Waals surface area contributed by atoms with Crippen LogP contribution in [0.25, 0.3) is 0 Å². The van der Waals surface area contributed by atoms with Gasteiger partial charge in [-0.2, -0.15) is 13.2 Å². The van der Waals surface area contributed by atoms with Crippen molar-refractivity contribution < 1.29 is 21.6 Å². The van der Waals surface area contributed by atoms with E-state index in [1.54, 1.807) is 0 Å². The molecule has 1 aromatic heterocycles. The van der Waals surface area contributed by atoms with E-state index in [2.05, 4.69) is 9.97 Å². The summed E-state index contributed by atoms with van der Waals surface area (Å²) >= 11 is 5.22. The molecule has 0 radical (unpaired) electrons. The van der Waals surface area contributed by atoms with E-state index in [9.17, 15) is 21.6 Å². The molecular weight excluding hydrogens is 245 g/mol. The molecule has 9 heteroatoms. The van der Waals surface area contributed by atoms with Crippen molar-refractivity contribution in [1.29, 1.82) is 0 Å². The number of halogens is 4. The lowest BCUT2D eigenvalue weighted by atomic mass is 10.7. The van der Waals surface area contributed by atoms with Crippen molar-refractivity contribution >= 4 is 21.4 Å². The monoisotopic (exact) mass is 246 g/mol. The first-order chi connectivity index (χ1) is 6.25. The Morgan fingerprint density at radius 3 is 2.36 bits per heavy atom. The van der Waals surface area contributed by atoms with E-state index in [0.29, 0.717) is 0 Å². The summed E-state index contributed by atoms with van der Waals surface area (Å²) in [5.74, 6) is 0. The van der Waals surface area contributed by atoms with Gasteiger partial charge >= 0.3 is 15.3 Å². The molecular formula is C5H2ClF3N2O2S. The standard InChI is InChI=1S/C5H2ClF3N2O2S/c6-3-1-2-10-4(11-3)14(12,13)5(7,8)9/h1-2H. The molecule has 0 bridgehead atoms. The smallest absolute Gasteiger partial charge is 0.226 e. The van der Waals surface area contributed by atoms with Gasteiger partial charge in [-0.3, -0.25) is 0 Å². The van der Waals surface area contributed by atoms with Crippen molar-refractivity contribution in [2.24, 2.45) is 0 Å². The van der Waals surface area contributed by atoms with Crippen LogP contribution >= 0.6 is 11.6 Å². The lowest BCUT2D eigenvalue weighted by molar-refractivity contribution is -0.0440. The fraction of sp³-hybridized carbons (Fsp3) is 0.200. The Bertz CT molecular complexity index is 445. The van der Waals surface area contributed by atoms with Gasteiger partial charge in [0.2, 0.25) is 0 Å². The highest BCUT2D eigenvalue weighted by Crippen LogP contribution is 2.28. The van der Waals surface area contributed by atoms with E-state index in [1.807, 2.05) is 0 Å². The number of hydrogen-bond donors (Lipinski definition) is 0. The SMILES string of the molecule is O=S(=O)(c1nccc(Cl)n1)C(F)(F)F. The molecule has 0 amide bonds. The number of hydrogen-bond acceptors (Lipinski definition) is 4. The second-order valence-electron chi connectivity index (χ2n) is 2.11. The number of rotatable bonds is 1. The summed E-state index contributed by atoms with van der Waals surface area (Å²) in [6.45, 7) is 0. The minimum Gasteiger partial charge on any atom is -0.226 e. The second-order valence-corrected chi connectivity index (χ2v) is 4.33. The van der Waals surface area contributed by atoms with Crippen LogP contribution in [0.1, 0.15) is 0 Å². The summed E-state index contributed by atoms with van der Waals surface area (Å²) in [7, 11) is -5.51. The molecule has 0 saturated heterocycles. The zero-order valence-electron chi connectivity index (χ0n) is 6.29. The van der Waals surface area contributed by atoms with Crippen molar-refractivity contribution in [3.05, 3.63) is 17.4 Å². The molecule has 0 aliphatic heterocycles. The lowest BCUT2D eigenvalue weighted by Crippen LogP contribution is -2.25. The topological polar surface area (TPSA) is 59.9 Å². The van der Waals surface area contributed by atoms with Crippen LogP contribution in [0.5, 0.6) is 0 Å². The third-order valence-corrected chi connectivity index (χ3v) is 2.64. The Hall–Kier alpha value is -0.890. The fourth-order valence-electron chi connectivity index (χ4n) is 0.553. The van der Waals surface area contributed by atoms with Crippen molar-refractivity contribution in [1.82, 2.24) is 9.97 Å². The Balaban J connectivity index is 3.32. The Kier molecular flexibility index (Phi) is 2.68. The van der Waals surface area contributed by atoms with E-state index in [1.165, 1.54) is 0 Å². The molecule has 0 saturated carbocycles. The first-order valence-electron chi connectivity index (χ1n) is 3.05. The van der Waals surface area contributed by atoms with Crippen LogP contribution in [-0.2, 0) is 9.84 Å². The summed E-state index contributed by atoms with van der Waals surface area (Å²) in [6, 6.07) is 1.07. The molecule has 1 heterocycles. The van der Waals surface area contributed by atoms with Crippen LogP contribution in [0.15, 0.2) is 17.4 Å². The molecule has 0 fully saturated rings. The summed E-state index contributed by atoms with van der Waals surface area (Å²) in [4.78, 5) is 5.93. The molecule has 0 aromatic carbocycles. The summed E-state index contributed by atoms with van der Waals surface area (Å²) in [5.41, 5.74) is -5.42. The van der Waals surface area contributed by atoms with Crippen LogP contribution in [0, 0.1) is 0 Å². The van der Waals surface area contributed by atoms with E-state index in [-0.39, 0.29) is 5.15 Å². The Labute approximate surface area is 81.7 Å². The maximum absolute atomic E-state index is 11.9. The van der Waals surface area contributed by atoms with Gasteiger partial charge in [0, 0.05) is 6.20 Å². The van der Waals surface area contributed by atoms with Gasteiger partial charge in [0.05, 0.1) is 0 Å². The number of nitrogens with zero attached hydrogens (tertiary/aromatic N) is 2. The zero-order chi connectivity index (χ0) is 11.0. The molecule has 0 aliphatic carbocycles. The van der Waals surface area contributed by atoms with E-state index in [0.717, 1.165) is 12.3 Å².